The molecular weight excluding hydrogens is 554 g/mol. The predicted octanol–water partition coefficient (Wildman–Crippen LogP) is 4.42. The monoisotopic (exact) mass is 577 g/mol. The van der Waals surface area contributed by atoms with Crippen LogP contribution in [0.25, 0.3) is 0 Å². The van der Waals surface area contributed by atoms with E-state index in [4.69, 9.17) is 0 Å². The van der Waals surface area contributed by atoms with Crippen molar-refractivity contribution in [2.45, 2.75) is 31.9 Å². The summed E-state index contributed by atoms with van der Waals surface area (Å²) in [7, 11) is 0. The number of carbonyl (C=O) groups excluding carboxylic acids is 1. The third kappa shape index (κ3) is 5.35. The van der Waals surface area contributed by atoms with Crippen LogP contribution in [0.3, 0.4) is 0 Å². The predicted molar refractivity (Wildman–Crippen MR) is 124 cm³/mol. The van der Waals surface area contributed by atoms with Gasteiger partial charge in [0.05, 0.1) is 36.6 Å². The van der Waals surface area contributed by atoms with Crippen LogP contribution in [0.5, 0.6) is 0 Å². The van der Waals surface area contributed by atoms with E-state index >= 15 is 0 Å². The maximum atomic E-state index is 14.6. The first-order valence-electron chi connectivity index (χ1n) is 9.94. The maximum Gasteiger partial charge on any atom is 0.407 e. The highest BCUT2D eigenvalue weighted by Crippen LogP contribution is 2.32. The smallest absolute Gasteiger partial charge is 0.407 e. The molecule has 3 rings (SSSR count). The van der Waals surface area contributed by atoms with Crippen LogP contribution in [0.15, 0.2) is 30.3 Å². The van der Waals surface area contributed by atoms with Gasteiger partial charge < -0.3 is 25.3 Å². The Balaban J connectivity index is 1.83. The number of β-amino-alcohol motifs (C(OH)–C–C–N with tert-alkyl or cyclic N) is 1. The molecule has 1 heterocycles. The fourth-order valence-corrected chi connectivity index (χ4v) is 3.99. The van der Waals surface area contributed by atoms with Crippen LogP contribution in [-0.4, -0.2) is 62.8 Å². The van der Waals surface area contributed by atoms with E-state index in [0.29, 0.717) is 3.57 Å². The number of rotatable bonds is 5. The zero-order chi connectivity index (χ0) is 24.7. The Morgan fingerprint density at radius 2 is 1.79 bits per heavy atom. The number of carbonyl (C=O) groups is 2. The summed E-state index contributed by atoms with van der Waals surface area (Å²) in [6, 6.07) is 5.95. The summed E-state index contributed by atoms with van der Waals surface area (Å²) in [6.45, 7) is 4.38. The van der Waals surface area contributed by atoms with E-state index in [1.807, 2.05) is 22.6 Å². The first-order chi connectivity index (χ1) is 15.2. The third-order valence-electron chi connectivity index (χ3n) is 5.27. The van der Waals surface area contributed by atoms with Gasteiger partial charge in [-0.15, -0.1) is 0 Å². The number of nitrogens with zero attached hydrogens (tertiary/aromatic N) is 2. The summed E-state index contributed by atoms with van der Waals surface area (Å²) in [6.07, 6.45) is -1.22. The molecule has 3 N–H and O–H groups in total. The molecule has 0 unspecified atom stereocenters. The Kier molecular flexibility index (Phi) is 6.85. The Morgan fingerprint density at radius 1 is 1.15 bits per heavy atom. The van der Waals surface area contributed by atoms with Crippen molar-refractivity contribution in [2.24, 2.45) is 0 Å². The van der Waals surface area contributed by atoms with Crippen LogP contribution in [0.1, 0.15) is 31.1 Å². The largest absolute Gasteiger partial charge is 0.465 e. The molecular formula is C22H23F3IN3O4. The second-order valence-electron chi connectivity index (χ2n) is 8.96. The molecule has 1 fully saturated rings. The van der Waals surface area contributed by atoms with Gasteiger partial charge in [0.1, 0.15) is 11.4 Å². The molecule has 2 aromatic rings. The Bertz CT molecular complexity index is 1100. The van der Waals surface area contributed by atoms with Gasteiger partial charge in [-0.1, -0.05) is 0 Å². The first-order valence-corrected chi connectivity index (χ1v) is 11.0. The average molecular weight is 577 g/mol. The lowest BCUT2D eigenvalue weighted by Crippen LogP contribution is -2.69. The van der Waals surface area contributed by atoms with Gasteiger partial charge in [0.25, 0.3) is 5.91 Å². The number of hydrogen-bond donors (Lipinski definition) is 3. The van der Waals surface area contributed by atoms with E-state index in [1.54, 1.807) is 26.8 Å². The Hall–Kier alpha value is -2.54. The zero-order valence-electron chi connectivity index (χ0n) is 18.1. The van der Waals surface area contributed by atoms with E-state index in [0.717, 1.165) is 17.0 Å². The average Bonchev–Trinajstić information content (AvgIpc) is 2.68. The lowest BCUT2D eigenvalue weighted by Gasteiger charge is -2.50. The standard InChI is InChI=1S/C22H23F3IN3O4/c1-21(2,3)29(20(31)32)11-22(33)9-28(10-22)19(30)13-5-6-14(23)17(25)18(13)27-16-7-4-12(26)8-15(16)24/h4-8,27,33H,9-11H2,1-3H3,(H,31,32). The van der Waals surface area contributed by atoms with Crippen molar-refractivity contribution >= 4 is 46.0 Å². The van der Waals surface area contributed by atoms with E-state index in [1.165, 1.54) is 17.0 Å². The van der Waals surface area contributed by atoms with Crippen molar-refractivity contribution in [3.8, 4) is 0 Å². The number of amides is 2. The van der Waals surface area contributed by atoms with Crippen LogP contribution in [0, 0.1) is 21.0 Å². The van der Waals surface area contributed by atoms with E-state index < -0.39 is 46.3 Å². The molecule has 0 aliphatic carbocycles. The van der Waals surface area contributed by atoms with Crippen molar-refractivity contribution in [3.05, 3.63) is 56.9 Å². The first kappa shape index (κ1) is 25.1. The molecule has 1 aliphatic heterocycles. The summed E-state index contributed by atoms with van der Waals surface area (Å²) in [5.41, 5.74) is -3.19. The number of benzene rings is 2. The van der Waals surface area contributed by atoms with Gasteiger partial charge in [0, 0.05) is 9.11 Å². The summed E-state index contributed by atoms with van der Waals surface area (Å²) in [4.78, 5) is 26.8. The minimum atomic E-state index is -1.49. The summed E-state index contributed by atoms with van der Waals surface area (Å²) >= 11 is 1.90. The molecule has 2 aromatic carbocycles. The third-order valence-corrected chi connectivity index (χ3v) is 5.94. The van der Waals surface area contributed by atoms with Crippen LogP contribution in [0.4, 0.5) is 29.3 Å². The molecule has 11 heteroatoms. The molecule has 0 atom stereocenters. The lowest BCUT2D eigenvalue weighted by molar-refractivity contribution is -0.103. The summed E-state index contributed by atoms with van der Waals surface area (Å²) in [5.74, 6) is -4.00. The molecule has 178 valence electrons. The number of halogens is 4. The Labute approximate surface area is 202 Å². The minimum absolute atomic E-state index is 0.142. The van der Waals surface area contributed by atoms with Crippen LogP contribution < -0.4 is 5.32 Å². The molecule has 2 amide bonds. The molecule has 1 aliphatic rings. The molecule has 7 nitrogen and oxygen atoms in total. The number of nitrogens with one attached hydrogen (secondary N) is 1. The van der Waals surface area contributed by atoms with Crippen LogP contribution >= 0.6 is 22.6 Å². The number of likely N-dealkylation sites (tertiary alicyclic amines) is 1. The summed E-state index contributed by atoms with van der Waals surface area (Å²) < 4.78 is 43.4. The van der Waals surface area contributed by atoms with Crippen LogP contribution in [0.2, 0.25) is 0 Å². The molecule has 33 heavy (non-hydrogen) atoms. The second kappa shape index (κ2) is 9.01. The van der Waals surface area contributed by atoms with E-state index in [9.17, 15) is 33.0 Å². The highest BCUT2D eigenvalue weighted by molar-refractivity contribution is 14.1. The van der Waals surface area contributed by atoms with Gasteiger partial charge in [0.2, 0.25) is 0 Å². The zero-order valence-corrected chi connectivity index (χ0v) is 20.3. The quantitative estimate of drug-likeness (QED) is 0.458. The Morgan fingerprint density at radius 3 is 2.33 bits per heavy atom. The van der Waals surface area contributed by atoms with Crippen molar-refractivity contribution in [1.29, 1.82) is 0 Å². The van der Waals surface area contributed by atoms with Crippen molar-refractivity contribution in [2.75, 3.05) is 25.0 Å². The SMILES string of the molecule is CC(C)(C)N(CC1(O)CN(C(=O)c2ccc(F)c(F)c2Nc2ccc(I)cc2F)C1)C(=O)O. The van der Waals surface area contributed by atoms with Gasteiger partial charge in [-0.05, 0) is 73.7 Å². The second-order valence-corrected chi connectivity index (χ2v) is 10.2. The molecule has 1 saturated heterocycles. The van der Waals surface area contributed by atoms with Gasteiger partial charge in [-0.3, -0.25) is 4.79 Å². The highest BCUT2D eigenvalue weighted by atomic mass is 127. The topological polar surface area (TPSA) is 93.1 Å². The molecule has 0 aromatic heterocycles. The molecule has 0 saturated carbocycles. The van der Waals surface area contributed by atoms with Gasteiger partial charge >= 0.3 is 6.09 Å². The van der Waals surface area contributed by atoms with Crippen molar-refractivity contribution < 1.29 is 33.0 Å². The minimum Gasteiger partial charge on any atom is -0.465 e. The van der Waals surface area contributed by atoms with Gasteiger partial charge in [-0.2, -0.15) is 0 Å². The molecule has 0 bridgehead atoms. The highest BCUT2D eigenvalue weighted by Gasteiger charge is 2.47. The fourth-order valence-electron chi connectivity index (χ4n) is 3.54. The number of hydrogen-bond acceptors (Lipinski definition) is 4. The summed E-state index contributed by atoms with van der Waals surface area (Å²) in [5, 5.41) is 22.6. The molecule has 0 spiro atoms. The normalized spacial score (nSPS) is 15.1. The lowest BCUT2D eigenvalue weighted by atomic mass is 9.90. The maximum absolute atomic E-state index is 14.6. The number of carboxylic acid groups (broad SMARTS) is 1. The van der Waals surface area contributed by atoms with Gasteiger partial charge in [0.15, 0.2) is 11.6 Å². The van der Waals surface area contributed by atoms with Crippen molar-refractivity contribution in [1.82, 2.24) is 9.80 Å². The van der Waals surface area contributed by atoms with E-state index in [2.05, 4.69) is 5.32 Å². The van der Waals surface area contributed by atoms with E-state index in [-0.39, 0.29) is 30.9 Å². The molecule has 0 radical (unpaired) electrons. The van der Waals surface area contributed by atoms with Gasteiger partial charge in [-0.25, -0.2) is 18.0 Å². The number of anilines is 2. The van der Waals surface area contributed by atoms with Crippen molar-refractivity contribution in [3.63, 3.8) is 0 Å². The van der Waals surface area contributed by atoms with Crippen LogP contribution in [-0.2, 0) is 0 Å². The fraction of sp³-hybridized carbons (Fsp3) is 0.364. The number of aliphatic hydroxyl groups is 1.